The first-order chi connectivity index (χ1) is 16.1. The number of aromatic nitrogens is 1. The van der Waals surface area contributed by atoms with E-state index >= 15 is 0 Å². The Morgan fingerprint density at radius 2 is 1.88 bits per heavy atom. The summed E-state index contributed by atoms with van der Waals surface area (Å²) >= 11 is 0. The van der Waals surface area contributed by atoms with E-state index in [4.69, 9.17) is 23.5 Å². The zero-order chi connectivity index (χ0) is 23.2. The van der Waals surface area contributed by atoms with Crippen molar-refractivity contribution in [2.45, 2.75) is 25.5 Å². The van der Waals surface area contributed by atoms with Gasteiger partial charge in [0.25, 0.3) is 5.91 Å². The lowest BCUT2D eigenvalue weighted by Gasteiger charge is -2.25. The number of carbonyl (C=O) groups excluding carboxylic acids is 1. The summed E-state index contributed by atoms with van der Waals surface area (Å²) in [7, 11) is 4.78. The summed E-state index contributed by atoms with van der Waals surface area (Å²) < 4.78 is 27.5. The van der Waals surface area contributed by atoms with Gasteiger partial charge in [0.2, 0.25) is 0 Å². The van der Waals surface area contributed by atoms with Gasteiger partial charge in [-0.1, -0.05) is 11.2 Å². The maximum atomic E-state index is 13.4. The molecule has 0 bridgehead atoms. The SMILES string of the molecule is COc1cccc(C(=O)N(Cc2cc(-c3cc(OC)ccc3OC)on2)C[C@@H]2CCCO2)c1. The average molecular weight is 453 g/mol. The molecule has 2 heterocycles. The molecule has 1 aliphatic rings. The number of carbonyl (C=O) groups is 1. The maximum absolute atomic E-state index is 13.4. The molecule has 1 aromatic heterocycles. The van der Waals surface area contributed by atoms with Crippen LogP contribution in [0.1, 0.15) is 28.9 Å². The third kappa shape index (κ3) is 5.28. The number of ether oxygens (including phenoxy) is 4. The zero-order valence-electron chi connectivity index (χ0n) is 19.1. The molecular formula is C25H28N2O6. The molecule has 0 aliphatic carbocycles. The van der Waals surface area contributed by atoms with Crippen molar-refractivity contribution in [3.8, 4) is 28.6 Å². The highest BCUT2D eigenvalue weighted by Gasteiger charge is 2.25. The van der Waals surface area contributed by atoms with Crippen molar-refractivity contribution in [1.29, 1.82) is 0 Å². The molecule has 1 amide bonds. The number of nitrogens with zero attached hydrogens (tertiary/aromatic N) is 2. The van der Waals surface area contributed by atoms with Gasteiger partial charge < -0.3 is 28.4 Å². The molecule has 1 saturated heterocycles. The van der Waals surface area contributed by atoms with Crippen molar-refractivity contribution in [2.75, 3.05) is 34.5 Å². The number of hydrogen-bond donors (Lipinski definition) is 0. The quantitative estimate of drug-likeness (QED) is 0.481. The van der Waals surface area contributed by atoms with Crippen LogP contribution in [0.15, 0.2) is 53.1 Å². The van der Waals surface area contributed by atoms with Crippen molar-refractivity contribution in [3.05, 3.63) is 59.8 Å². The smallest absolute Gasteiger partial charge is 0.254 e. The second-order valence-corrected chi connectivity index (χ2v) is 7.80. The van der Waals surface area contributed by atoms with Gasteiger partial charge in [-0.05, 0) is 49.2 Å². The fourth-order valence-corrected chi connectivity index (χ4v) is 3.91. The van der Waals surface area contributed by atoms with Crippen molar-refractivity contribution < 1.29 is 28.3 Å². The highest BCUT2D eigenvalue weighted by atomic mass is 16.5. The molecule has 2 aromatic carbocycles. The van der Waals surface area contributed by atoms with E-state index in [-0.39, 0.29) is 18.6 Å². The summed E-state index contributed by atoms with van der Waals surface area (Å²) in [4.78, 5) is 15.1. The van der Waals surface area contributed by atoms with Gasteiger partial charge in [-0.2, -0.15) is 0 Å². The minimum absolute atomic E-state index is 0.00408. The van der Waals surface area contributed by atoms with Crippen LogP contribution in [-0.4, -0.2) is 56.5 Å². The lowest BCUT2D eigenvalue weighted by molar-refractivity contribution is 0.0502. The van der Waals surface area contributed by atoms with E-state index in [1.54, 1.807) is 44.4 Å². The molecule has 4 rings (SSSR count). The average Bonchev–Trinajstić information content (AvgIpc) is 3.55. The van der Waals surface area contributed by atoms with Crippen molar-refractivity contribution in [1.82, 2.24) is 10.1 Å². The van der Waals surface area contributed by atoms with Gasteiger partial charge in [-0.3, -0.25) is 4.79 Å². The predicted molar refractivity (Wildman–Crippen MR) is 122 cm³/mol. The standard InChI is InChI=1S/C25H28N2O6/c1-29-19-7-4-6-17(12-19)25(28)27(16-21-8-5-11-32-21)15-18-13-24(33-26-18)22-14-20(30-2)9-10-23(22)31-3/h4,6-7,9-10,12-14,21H,5,8,11,15-16H2,1-3H3/t21-/m0/s1. The van der Waals surface area contributed by atoms with Gasteiger partial charge in [-0.15, -0.1) is 0 Å². The minimum Gasteiger partial charge on any atom is -0.497 e. The van der Waals surface area contributed by atoms with Crippen molar-refractivity contribution in [3.63, 3.8) is 0 Å². The first-order valence-corrected chi connectivity index (χ1v) is 10.8. The highest BCUT2D eigenvalue weighted by Crippen LogP contribution is 2.34. The third-order valence-corrected chi connectivity index (χ3v) is 5.64. The van der Waals surface area contributed by atoms with E-state index in [0.29, 0.717) is 40.8 Å². The Hall–Kier alpha value is -3.52. The predicted octanol–water partition coefficient (Wildman–Crippen LogP) is 4.19. The van der Waals surface area contributed by atoms with Crippen LogP contribution in [0.5, 0.6) is 17.2 Å². The summed E-state index contributed by atoms with van der Waals surface area (Å²) in [5.74, 6) is 2.37. The van der Waals surface area contributed by atoms with Crippen LogP contribution in [0.2, 0.25) is 0 Å². The fraction of sp³-hybridized carbons (Fsp3) is 0.360. The van der Waals surface area contributed by atoms with Crippen LogP contribution in [0.4, 0.5) is 0 Å². The summed E-state index contributed by atoms with van der Waals surface area (Å²) in [6.07, 6.45) is 1.92. The van der Waals surface area contributed by atoms with E-state index in [1.165, 1.54) is 0 Å². The van der Waals surface area contributed by atoms with Gasteiger partial charge in [0.1, 0.15) is 22.9 Å². The van der Waals surface area contributed by atoms with E-state index in [1.807, 2.05) is 30.3 Å². The van der Waals surface area contributed by atoms with E-state index in [9.17, 15) is 4.79 Å². The molecule has 8 nitrogen and oxygen atoms in total. The number of methoxy groups -OCH3 is 3. The van der Waals surface area contributed by atoms with E-state index < -0.39 is 0 Å². The number of benzene rings is 2. The van der Waals surface area contributed by atoms with Crippen LogP contribution in [0.3, 0.4) is 0 Å². The minimum atomic E-state index is -0.118. The van der Waals surface area contributed by atoms with E-state index in [0.717, 1.165) is 25.0 Å². The Bertz CT molecular complexity index is 1090. The van der Waals surface area contributed by atoms with Crippen LogP contribution < -0.4 is 14.2 Å². The second-order valence-electron chi connectivity index (χ2n) is 7.80. The molecule has 0 N–H and O–H groups in total. The lowest BCUT2D eigenvalue weighted by Crippen LogP contribution is -2.37. The summed E-state index contributed by atoms with van der Waals surface area (Å²) in [5.41, 5.74) is 1.90. The Balaban J connectivity index is 1.59. The molecule has 33 heavy (non-hydrogen) atoms. The maximum Gasteiger partial charge on any atom is 0.254 e. The molecule has 1 fully saturated rings. The van der Waals surface area contributed by atoms with Crippen molar-refractivity contribution >= 4 is 5.91 Å². The molecule has 0 spiro atoms. The Morgan fingerprint density at radius 1 is 1.06 bits per heavy atom. The molecule has 1 aliphatic heterocycles. The number of rotatable bonds is 9. The van der Waals surface area contributed by atoms with Gasteiger partial charge >= 0.3 is 0 Å². The normalized spacial score (nSPS) is 15.3. The summed E-state index contributed by atoms with van der Waals surface area (Å²) in [6.45, 7) is 1.47. The first-order valence-electron chi connectivity index (χ1n) is 10.8. The third-order valence-electron chi connectivity index (χ3n) is 5.64. The van der Waals surface area contributed by atoms with Gasteiger partial charge in [-0.25, -0.2) is 0 Å². The number of amides is 1. The summed E-state index contributed by atoms with van der Waals surface area (Å²) in [5, 5.41) is 4.22. The second kappa shape index (κ2) is 10.4. The molecule has 1 atom stereocenters. The Labute approximate surface area is 193 Å². The lowest BCUT2D eigenvalue weighted by atomic mass is 10.1. The molecule has 0 unspecified atom stereocenters. The molecule has 0 radical (unpaired) electrons. The van der Waals surface area contributed by atoms with Crippen LogP contribution >= 0.6 is 0 Å². The topological polar surface area (TPSA) is 83.3 Å². The van der Waals surface area contributed by atoms with Crippen LogP contribution in [0.25, 0.3) is 11.3 Å². The van der Waals surface area contributed by atoms with Gasteiger partial charge in [0.05, 0.1) is 39.5 Å². The van der Waals surface area contributed by atoms with Gasteiger partial charge in [0.15, 0.2) is 5.76 Å². The monoisotopic (exact) mass is 452 g/mol. The fourth-order valence-electron chi connectivity index (χ4n) is 3.91. The van der Waals surface area contributed by atoms with Crippen LogP contribution in [-0.2, 0) is 11.3 Å². The molecule has 8 heteroatoms. The largest absolute Gasteiger partial charge is 0.497 e. The highest BCUT2D eigenvalue weighted by molar-refractivity contribution is 5.94. The molecule has 3 aromatic rings. The zero-order valence-corrected chi connectivity index (χ0v) is 19.1. The van der Waals surface area contributed by atoms with Gasteiger partial charge in [0, 0.05) is 24.8 Å². The number of hydrogen-bond acceptors (Lipinski definition) is 7. The Kier molecular flexibility index (Phi) is 7.14. The van der Waals surface area contributed by atoms with E-state index in [2.05, 4.69) is 5.16 Å². The molecule has 174 valence electrons. The molecule has 0 saturated carbocycles. The Morgan fingerprint density at radius 3 is 2.61 bits per heavy atom. The molecular weight excluding hydrogens is 424 g/mol. The first kappa shape index (κ1) is 22.7. The van der Waals surface area contributed by atoms with Crippen molar-refractivity contribution in [2.24, 2.45) is 0 Å². The summed E-state index contributed by atoms with van der Waals surface area (Å²) in [6, 6.07) is 14.4. The van der Waals surface area contributed by atoms with Crippen LogP contribution in [0, 0.1) is 0 Å².